The Balaban J connectivity index is 1.71. The van der Waals surface area contributed by atoms with Crippen molar-refractivity contribution in [1.29, 1.82) is 0 Å². The van der Waals surface area contributed by atoms with E-state index in [2.05, 4.69) is 33.6 Å². The molecule has 1 atom stereocenters. The third kappa shape index (κ3) is 3.18. The predicted octanol–water partition coefficient (Wildman–Crippen LogP) is 0.787. The number of likely N-dealkylation sites (N-methyl/N-ethyl adjacent to an activating group) is 1. The highest BCUT2D eigenvalue weighted by molar-refractivity contribution is 5.39. The number of rotatable bonds is 4. The minimum Gasteiger partial charge on any atom is -0.384 e. The second-order valence-corrected chi connectivity index (χ2v) is 4.30. The summed E-state index contributed by atoms with van der Waals surface area (Å²) in [7, 11) is 2.20. The molecule has 0 spiro atoms. The van der Waals surface area contributed by atoms with Gasteiger partial charge in [0.1, 0.15) is 0 Å². The number of piperazine rings is 1. The second kappa shape index (κ2) is 5.82. The Morgan fingerprint density at radius 2 is 2.56 bits per heavy atom. The van der Waals surface area contributed by atoms with Crippen molar-refractivity contribution < 1.29 is 0 Å². The molecule has 0 bridgehead atoms. The van der Waals surface area contributed by atoms with Crippen molar-refractivity contribution >= 4 is 5.69 Å². The number of nitrogens with one attached hydrogen (secondary N) is 2. The zero-order valence-electron chi connectivity index (χ0n) is 9.82. The average molecular weight is 220 g/mol. The molecule has 1 saturated heterocycles. The summed E-state index contributed by atoms with van der Waals surface area (Å²) in [5, 5.41) is 6.83. The van der Waals surface area contributed by atoms with Crippen LogP contribution in [0.15, 0.2) is 24.5 Å². The zero-order chi connectivity index (χ0) is 11.2. The minimum absolute atomic E-state index is 0.651. The molecule has 2 N–H and O–H groups in total. The summed E-state index contributed by atoms with van der Waals surface area (Å²) >= 11 is 0. The van der Waals surface area contributed by atoms with Gasteiger partial charge in [0.05, 0.1) is 5.69 Å². The molecule has 0 aliphatic carbocycles. The van der Waals surface area contributed by atoms with Crippen LogP contribution in [0.3, 0.4) is 0 Å². The van der Waals surface area contributed by atoms with Gasteiger partial charge in [-0.15, -0.1) is 0 Å². The highest BCUT2D eigenvalue weighted by Gasteiger charge is 2.17. The van der Waals surface area contributed by atoms with Gasteiger partial charge in [-0.1, -0.05) is 0 Å². The van der Waals surface area contributed by atoms with Crippen LogP contribution in [0.2, 0.25) is 0 Å². The summed E-state index contributed by atoms with van der Waals surface area (Å²) in [4.78, 5) is 6.51. The third-order valence-electron chi connectivity index (χ3n) is 3.11. The lowest BCUT2D eigenvalue weighted by Crippen LogP contribution is -2.49. The van der Waals surface area contributed by atoms with E-state index < -0.39 is 0 Å². The lowest BCUT2D eigenvalue weighted by atomic mass is 10.1. The number of hydrogen-bond donors (Lipinski definition) is 2. The summed E-state index contributed by atoms with van der Waals surface area (Å²) in [6.07, 6.45) is 4.82. The lowest BCUT2D eigenvalue weighted by molar-refractivity contribution is 0.194. The van der Waals surface area contributed by atoms with Crippen LogP contribution in [0.4, 0.5) is 5.69 Å². The summed E-state index contributed by atoms with van der Waals surface area (Å²) < 4.78 is 0. The normalized spacial score (nSPS) is 21.9. The van der Waals surface area contributed by atoms with Crippen LogP contribution in [-0.2, 0) is 0 Å². The van der Waals surface area contributed by atoms with E-state index in [1.165, 1.54) is 6.42 Å². The van der Waals surface area contributed by atoms with E-state index in [1.807, 2.05) is 12.3 Å². The van der Waals surface area contributed by atoms with Crippen LogP contribution in [0.1, 0.15) is 6.42 Å². The Morgan fingerprint density at radius 1 is 1.62 bits per heavy atom. The Morgan fingerprint density at radius 3 is 3.31 bits per heavy atom. The maximum atomic E-state index is 4.08. The summed E-state index contributed by atoms with van der Waals surface area (Å²) in [5.41, 5.74) is 1.11. The number of aromatic nitrogens is 1. The van der Waals surface area contributed by atoms with Crippen molar-refractivity contribution in [2.75, 3.05) is 38.5 Å². The van der Waals surface area contributed by atoms with E-state index in [0.717, 1.165) is 31.9 Å². The first kappa shape index (κ1) is 11.4. The average Bonchev–Trinajstić information content (AvgIpc) is 2.33. The Labute approximate surface area is 97.1 Å². The van der Waals surface area contributed by atoms with E-state index in [-0.39, 0.29) is 0 Å². The van der Waals surface area contributed by atoms with Gasteiger partial charge in [-0.2, -0.15) is 0 Å². The fourth-order valence-electron chi connectivity index (χ4n) is 2.04. The maximum Gasteiger partial charge on any atom is 0.0526 e. The molecular formula is C12H20N4. The molecule has 2 rings (SSSR count). The quantitative estimate of drug-likeness (QED) is 0.787. The Kier molecular flexibility index (Phi) is 4.13. The minimum atomic E-state index is 0.651. The molecule has 1 fully saturated rings. The number of anilines is 1. The van der Waals surface area contributed by atoms with Gasteiger partial charge in [0.15, 0.2) is 0 Å². The molecule has 4 heteroatoms. The molecule has 1 unspecified atom stereocenters. The molecule has 1 aliphatic rings. The van der Waals surface area contributed by atoms with Gasteiger partial charge in [-0.05, 0) is 25.6 Å². The number of pyridine rings is 1. The van der Waals surface area contributed by atoms with Crippen LogP contribution >= 0.6 is 0 Å². The van der Waals surface area contributed by atoms with Gasteiger partial charge < -0.3 is 15.5 Å². The summed E-state index contributed by atoms with van der Waals surface area (Å²) in [6.45, 7) is 4.37. The first-order chi connectivity index (χ1) is 7.86. The van der Waals surface area contributed by atoms with Gasteiger partial charge in [-0.3, -0.25) is 4.98 Å². The van der Waals surface area contributed by atoms with E-state index in [1.54, 1.807) is 6.20 Å². The molecule has 0 saturated carbocycles. The van der Waals surface area contributed by atoms with Gasteiger partial charge in [0.2, 0.25) is 0 Å². The smallest absolute Gasteiger partial charge is 0.0526 e. The molecule has 2 heterocycles. The molecule has 88 valence electrons. The molecule has 4 nitrogen and oxygen atoms in total. The summed E-state index contributed by atoms with van der Waals surface area (Å²) in [6, 6.07) is 4.66. The van der Waals surface area contributed by atoms with Crippen molar-refractivity contribution in [2.45, 2.75) is 12.5 Å². The first-order valence-electron chi connectivity index (χ1n) is 5.91. The monoisotopic (exact) mass is 220 g/mol. The van der Waals surface area contributed by atoms with Crippen LogP contribution in [0.25, 0.3) is 0 Å². The van der Waals surface area contributed by atoms with Gasteiger partial charge in [0, 0.05) is 44.6 Å². The molecule has 1 aliphatic heterocycles. The SMILES string of the molecule is CN1CCNCC1CCNc1cccnc1. The van der Waals surface area contributed by atoms with Gasteiger partial charge >= 0.3 is 0 Å². The van der Waals surface area contributed by atoms with Crippen LogP contribution in [0, 0.1) is 0 Å². The fraction of sp³-hybridized carbons (Fsp3) is 0.583. The predicted molar refractivity (Wildman–Crippen MR) is 66.6 cm³/mol. The highest BCUT2D eigenvalue weighted by atomic mass is 15.2. The Hall–Kier alpha value is -1.13. The van der Waals surface area contributed by atoms with Crippen molar-refractivity contribution in [1.82, 2.24) is 15.2 Å². The van der Waals surface area contributed by atoms with Crippen molar-refractivity contribution in [3.05, 3.63) is 24.5 Å². The van der Waals surface area contributed by atoms with E-state index in [9.17, 15) is 0 Å². The second-order valence-electron chi connectivity index (χ2n) is 4.30. The standard InChI is InChI=1S/C12H20N4/c1-16-8-7-14-10-12(16)4-6-15-11-3-2-5-13-9-11/h2-3,5,9,12,14-15H,4,6-8,10H2,1H3. The topological polar surface area (TPSA) is 40.2 Å². The molecule has 16 heavy (non-hydrogen) atoms. The Bertz CT molecular complexity index is 301. The molecule has 1 aromatic rings. The first-order valence-corrected chi connectivity index (χ1v) is 5.91. The highest BCUT2D eigenvalue weighted by Crippen LogP contribution is 2.07. The van der Waals surface area contributed by atoms with Crippen molar-refractivity contribution in [2.24, 2.45) is 0 Å². The van der Waals surface area contributed by atoms with E-state index in [0.29, 0.717) is 6.04 Å². The van der Waals surface area contributed by atoms with Crippen molar-refractivity contribution in [3.63, 3.8) is 0 Å². The van der Waals surface area contributed by atoms with Gasteiger partial charge in [0.25, 0.3) is 0 Å². The van der Waals surface area contributed by atoms with Crippen LogP contribution < -0.4 is 10.6 Å². The molecule has 0 radical (unpaired) electrons. The molecule has 0 aromatic carbocycles. The van der Waals surface area contributed by atoms with E-state index >= 15 is 0 Å². The lowest BCUT2D eigenvalue weighted by Gasteiger charge is -2.33. The van der Waals surface area contributed by atoms with Gasteiger partial charge in [-0.25, -0.2) is 0 Å². The zero-order valence-corrected chi connectivity index (χ0v) is 9.82. The number of hydrogen-bond acceptors (Lipinski definition) is 4. The maximum absolute atomic E-state index is 4.08. The summed E-state index contributed by atoms with van der Waals surface area (Å²) in [5.74, 6) is 0. The van der Waals surface area contributed by atoms with E-state index in [4.69, 9.17) is 0 Å². The fourth-order valence-corrected chi connectivity index (χ4v) is 2.04. The third-order valence-corrected chi connectivity index (χ3v) is 3.11. The largest absolute Gasteiger partial charge is 0.384 e. The molecule has 1 aromatic heterocycles. The van der Waals surface area contributed by atoms with Crippen LogP contribution in [-0.4, -0.2) is 49.2 Å². The molecule has 0 amide bonds. The molecular weight excluding hydrogens is 200 g/mol. The van der Waals surface area contributed by atoms with Crippen LogP contribution in [0.5, 0.6) is 0 Å². The number of nitrogens with zero attached hydrogens (tertiary/aromatic N) is 2. The van der Waals surface area contributed by atoms with Crippen molar-refractivity contribution in [3.8, 4) is 0 Å².